The number of benzene rings is 1. The fourth-order valence-corrected chi connectivity index (χ4v) is 3.36. The van der Waals surface area contributed by atoms with Crippen molar-refractivity contribution in [3.63, 3.8) is 0 Å². The summed E-state index contributed by atoms with van der Waals surface area (Å²) in [5.74, 6) is 1.61. The Balaban J connectivity index is 1.94. The van der Waals surface area contributed by atoms with Crippen LogP contribution in [0.4, 0.5) is 5.82 Å². The van der Waals surface area contributed by atoms with E-state index in [-0.39, 0.29) is 6.61 Å². The molecule has 0 aliphatic carbocycles. The summed E-state index contributed by atoms with van der Waals surface area (Å²) in [5.41, 5.74) is 9.07. The van der Waals surface area contributed by atoms with Crippen molar-refractivity contribution in [3.8, 4) is 0 Å². The molecule has 140 valence electrons. The van der Waals surface area contributed by atoms with Crippen LogP contribution in [-0.4, -0.2) is 39.3 Å². The molecule has 0 aliphatic rings. The number of nitrogens with zero attached hydrogens (tertiary/aromatic N) is 3. The lowest BCUT2D eigenvalue weighted by molar-refractivity contribution is 0.286. The maximum Gasteiger partial charge on any atom is 0.152 e. The Kier molecular flexibility index (Phi) is 6.41. The molecule has 4 N–H and O–H groups in total. The zero-order valence-corrected chi connectivity index (χ0v) is 15.5. The topological polar surface area (TPSA) is 89.0 Å². The van der Waals surface area contributed by atoms with Crippen LogP contribution in [0.5, 0.6) is 0 Å². The summed E-state index contributed by atoms with van der Waals surface area (Å²) in [4.78, 5) is 9.38. The van der Waals surface area contributed by atoms with Gasteiger partial charge in [0.2, 0.25) is 0 Å². The van der Waals surface area contributed by atoms with Crippen LogP contribution in [0.25, 0.3) is 21.9 Å². The van der Waals surface area contributed by atoms with Crippen molar-refractivity contribution in [2.45, 2.75) is 45.6 Å². The number of hydrogen-bond donors (Lipinski definition) is 3. The summed E-state index contributed by atoms with van der Waals surface area (Å²) >= 11 is 0. The Morgan fingerprint density at radius 3 is 2.73 bits per heavy atom. The molecule has 0 fully saturated rings. The predicted octanol–water partition coefficient (Wildman–Crippen LogP) is 2.87. The smallest absolute Gasteiger partial charge is 0.152 e. The largest absolute Gasteiger partial charge is 0.396 e. The van der Waals surface area contributed by atoms with Crippen molar-refractivity contribution in [3.05, 3.63) is 30.1 Å². The number of hydrogen-bond acceptors (Lipinski definition) is 5. The van der Waals surface area contributed by atoms with Gasteiger partial charge in [0.25, 0.3) is 0 Å². The third kappa shape index (κ3) is 3.97. The van der Waals surface area contributed by atoms with E-state index in [1.54, 1.807) is 0 Å². The number of anilines is 1. The molecule has 6 nitrogen and oxygen atoms in total. The number of unbranched alkanes of at least 4 members (excludes halogenated alkanes) is 1. The molecule has 26 heavy (non-hydrogen) atoms. The third-order valence-corrected chi connectivity index (χ3v) is 4.69. The second kappa shape index (κ2) is 8.96. The molecule has 3 rings (SSSR count). The van der Waals surface area contributed by atoms with Gasteiger partial charge in [0.1, 0.15) is 11.3 Å². The molecule has 0 radical (unpaired) electrons. The first-order valence-corrected chi connectivity index (χ1v) is 9.61. The highest BCUT2D eigenvalue weighted by molar-refractivity contribution is 6.06. The maximum absolute atomic E-state index is 8.87. The van der Waals surface area contributed by atoms with Gasteiger partial charge >= 0.3 is 0 Å². The summed E-state index contributed by atoms with van der Waals surface area (Å²) in [7, 11) is 0. The molecule has 0 spiro atoms. The van der Waals surface area contributed by atoms with E-state index < -0.39 is 0 Å². The van der Waals surface area contributed by atoms with Gasteiger partial charge in [0.05, 0.1) is 11.0 Å². The van der Waals surface area contributed by atoms with Gasteiger partial charge in [-0.25, -0.2) is 9.97 Å². The Labute approximate surface area is 154 Å². The predicted molar refractivity (Wildman–Crippen MR) is 107 cm³/mol. The van der Waals surface area contributed by atoms with Gasteiger partial charge in [-0.1, -0.05) is 31.5 Å². The maximum atomic E-state index is 8.87. The first kappa shape index (κ1) is 18.6. The zero-order chi connectivity index (χ0) is 18.4. The fourth-order valence-electron chi connectivity index (χ4n) is 3.36. The molecule has 0 aliphatic heterocycles. The van der Waals surface area contributed by atoms with Crippen LogP contribution in [0.1, 0.15) is 38.4 Å². The second-order valence-electron chi connectivity index (χ2n) is 6.68. The van der Waals surface area contributed by atoms with Gasteiger partial charge in [-0.2, -0.15) is 0 Å². The first-order chi connectivity index (χ1) is 12.8. The van der Waals surface area contributed by atoms with Gasteiger partial charge in [0.15, 0.2) is 5.82 Å². The van der Waals surface area contributed by atoms with Crippen LogP contribution in [0.2, 0.25) is 0 Å². The average Bonchev–Trinajstić information content (AvgIpc) is 3.02. The van der Waals surface area contributed by atoms with Gasteiger partial charge in [-0.3, -0.25) is 0 Å². The van der Waals surface area contributed by atoms with E-state index in [2.05, 4.69) is 27.9 Å². The monoisotopic (exact) mass is 355 g/mol. The fraction of sp³-hybridized carbons (Fsp3) is 0.500. The number of fused-ring (bicyclic) bond motifs is 3. The quantitative estimate of drug-likeness (QED) is 0.487. The van der Waals surface area contributed by atoms with E-state index >= 15 is 0 Å². The molecule has 3 aromatic rings. The Morgan fingerprint density at radius 2 is 1.92 bits per heavy atom. The Hall–Kier alpha value is -2.18. The lowest BCUT2D eigenvalue weighted by atomic mass is 10.2. The Morgan fingerprint density at radius 1 is 1.12 bits per heavy atom. The summed E-state index contributed by atoms with van der Waals surface area (Å²) in [6.07, 6.45) is 5.01. The molecule has 0 bridgehead atoms. The number of imidazole rings is 1. The standard InChI is InChI=1S/C20H29N5O/c1-2-3-10-17-24-18-19(25(17)13-6-11-22-12-7-14-26)15-8-4-5-9-16(15)23-20(18)21/h4-5,8-9,22,26H,2-3,6-7,10-14H2,1H3,(H2,21,23). The summed E-state index contributed by atoms with van der Waals surface area (Å²) in [6, 6.07) is 8.14. The molecule has 0 atom stereocenters. The third-order valence-electron chi connectivity index (χ3n) is 4.69. The minimum Gasteiger partial charge on any atom is -0.396 e. The van der Waals surface area contributed by atoms with E-state index in [0.717, 1.165) is 79.5 Å². The molecule has 0 saturated carbocycles. The van der Waals surface area contributed by atoms with Crippen LogP contribution in [0.15, 0.2) is 24.3 Å². The molecule has 1 aromatic carbocycles. The zero-order valence-electron chi connectivity index (χ0n) is 15.5. The van der Waals surface area contributed by atoms with Gasteiger partial charge in [0, 0.05) is 25.0 Å². The highest BCUT2D eigenvalue weighted by Crippen LogP contribution is 2.29. The van der Waals surface area contributed by atoms with Gasteiger partial charge < -0.3 is 20.7 Å². The molecule has 0 unspecified atom stereocenters. The molecule has 0 amide bonds. The number of nitrogen functional groups attached to an aromatic ring is 1. The number of pyridine rings is 1. The number of aryl methyl sites for hydroxylation is 2. The van der Waals surface area contributed by atoms with E-state index in [1.807, 2.05) is 18.2 Å². The molecule has 2 aromatic heterocycles. The summed E-state index contributed by atoms with van der Waals surface area (Å²) < 4.78 is 2.33. The van der Waals surface area contributed by atoms with Crippen molar-refractivity contribution < 1.29 is 5.11 Å². The minimum absolute atomic E-state index is 0.235. The second-order valence-corrected chi connectivity index (χ2v) is 6.68. The van der Waals surface area contributed by atoms with Crippen molar-refractivity contribution >= 4 is 27.8 Å². The van der Waals surface area contributed by atoms with Crippen LogP contribution in [0, 0.1) is 0 Å². The van der Waals surface area contributed by atoms with Gasteiger partial charge in [-0.05, 0) is 38.4 Å². The van der Waals surface area contributed by atoms with Crippen LogP contribution in [-0.2, 0) is 13.0 Å². The number of aromatic nitrogens is 3. The molecular formula is C20H29N5O. The number of rotatable bonds is 10. The SMILES string of the molecule is CCCCc1nc2c(N)nc3ccccc3c2n1CCCNCCCO. The summed E-state index contributed by atoms with van der Waals surface area (Å²) in [6.45, 7) is 5.10. The number of aliphatic hydroxyl groups excluding tert-OH is 1. The van der Waals surface area contributed by atoms with Crippen molar-refractivity contribution in [2.75, 3.05) is 25.4 Å². The Bertz CT molecular complexity index is 858. The number of nitrogens with two attached hydrogens (primary N) is 1. The minimum atomic E-state index is 0.235. The van der Waals surface area contributed by atoms with E-state index in [1.165, 1.54) is 0 Å². The van der Waals surface area contributed by atoms with Crippen molar-refractivity contribution in [1.29, 1.82) is 0 Å². The highest BCUT2D eigenvalue weighted by atomic mass is 16.3. The highest BCUT2D eigenvalue weighted by Gasteiger charge is 2.16. The van der Waals surface area contributed by atoms with E-state index in [4.69, 9.17) is 15.8 Å². The number of aliphatic hydroxyl groups is 1. The number of para-hydroxylation sites is 1. The van der Waals surface area contributed by atoms with Crippen molar-refractivity contribution in [2.24, 2.45) is 0 Å². The number of nitrogens with one attached hydrogen (secondary N) is 1. The molecule has 2 heterocycles. The molecule has 0 saturated heterocycles. The summed E-state index contributed by atoms with van der Waals surface area (Å²) in [5, 5.41) is 13.4. The first-order valence-electron chi connectivity index (χ1n) is 9.61. The van der Waals surface area contributed by atoms with Crippen LogP contribution in [0.3, 0.4) is 0 Å². The van der Waals surface area contributed by atoms with E-state index in [9.17, 15) is 0 Å². The van der Waals surface area contributed by atoms with Crippen LogP contribution < -0.4 is 11.1 Å². The normalized spacial score (nSPS) is 11.6. The van der Waals surface area contributed by atoms with Crippen molar-refractivity contribution in [1.82, 2.24) is 19.9 Å². The average molecular weight is 355 g/mol. The lowest BCUT2D eigenvalue weighted by Crippen LogP contribution is -2.19. The van der Waals surface area contributed by atoms with E-state index in [0.29, 0.717) is 5.82 Å². The molecular weight excluding hydrogens is 326 g/mol. The molecule has 6 heteroatoms. The lowest BCUT2D eigenvalue weighted by Gasteiger charge is -2.11. The van der Waals surface area contributed by atoms with Gasteiger partial charge in [-0.15, -0.1) is 0 Å². The van der Waals surface area contributed by atoms with Crippen LogP contribution >= 0.6 is 0 Å².